The molecule has 1 fully saturated rings. The Balaban J connectivity index is 0.00000191. The number of nitrogens with zero attached hydrogens (tertiary/aromatic N) is 3. The molecular weight excluding hydrogens is 258 g/mol. The minimum atomic E-state index is 0.664. The SMILES string of the molecule is CC.CC(C)CCCN1CCN(CCN(C)C(C)C)CC1. The lowest BCUT2D eigenvalue weighted by Crippen LogP contribution is -2.48. The summed E-state index contributed by atoms with van der Waals surface area (Å²) < 4.78 is 0. The summed E-state index contributed by atoms with van der Waals surface area (Å²) in [6.07, 6.45) is 2.74. The Hall–Kier alpha value is -0.120. The van der Waals surface area contributed by atoms with Crippen molar-refractivity contribution in [3.63, 3.8) is 0 Å². The van der Waals surface area contributed by atoms with E-state index in [9.17, 15) is 0 Å². The summed E-state index contributed by atoms with van der Waals surface area (Å²) in [5.41, 5.74) is 0. The van der Waals surface area contributed by atoms with E-state index in [-0.39, 0.29) is 0 Å². The molecule has 1 saturated heterocycles. The second-order valence-electron chi connectivity index (χ2n) is 6.79. The van der Waals surface area contributed by atoms with Gasteiger partial charge in [-0.3, -0.25) is 4.90 Å². The van der Waals surface area contributed by atoms with Gasteiger partial charge in [-0.1, -0.05) is 27.7 Å². The van der Waals surface area contributed by atoms with Crippen LogP contribution in [0.3, 0.4) is 0 Å². The molecule has 0 saturated carbocycles. The van der Waals surface area contributed by atoms with Gasteiger partial charge in [0.25, 0.3) is 0 Å². The molecule has 0 aromatic rings. The Morgan fingerprint density at radius 2 is 1.33 bits per heavy atom. The minimum Gasteiger partial charge on any atom is -0.303 e. The summed E-state index contributed by atoms with van der Waals surface area (Å²) in [7, 11) is 2.23. The number of likely N-dealkylation sites (N-methyl/N-ethyl adjacent to an activating group) is 1. The van der Waals surface area contributed by atoms with Gasteiger partial charge >= 0.3 is 0 Å². The van der Waals surface area contributed by atoms with Crippen LogP contribution in [0.5, 0.6) is 0 Å². The van der Waals surface area contributed by atoms with E-state index >= 15 is 0 Å². The Labute approximate surface area is 134 Å². The fraction of sp³-hybridized carbons (Fsp3) is 1.00. The molecule has 0 N–H and O–H groups in total. The first kappa shape index (κ1) is 20.9. The van der Waals surface area contributed by atoms with Crippen LogP contribution in [0.2, 0.25) is 0 Å². The van der Waals surface area contributed by atoms with Crippen molar-refractivity contribution < 1.29 is 0 Å². The predicted molar refractivity (Wildman–Crippen MR) is 96.1 cm³/mol. The van der Waals surface area contributed by atoms with E-state index in [1.54, 1.807) is 0 Å². The summed E-state index contributed by atoms with van der Waals surface area (Å²) in [6, 6.07) is 0.664. The van der Waals surface area contributed by atoms with E-state index in [2.05, 4.69) is 49.4 Å². The van der Waals surface area contributed by atoms with E-state index in [4.69, 9.17) is 0 Å². The molecule has 3 nitrogen and oxygen atoms in total. The normalized spacial score (nSPS) is 17.4. The van der Waals surface area contributed by atoms with Crippen molar-refractivity contribution in [3.8, 4) is 0 Å². The van der Waals surface area contributed by atoms with Gasteiger partial charge in [0.15, 0.2) is 0 Å². The maximum atomic E-state index is 2.64. The van der Waals surface area contributed by atoms with Crippen LogP contribution in [0.4, 0.5) is 0 Å². The van der Waals surface area contributed by atoms with Gasteiger partial charge in [0.05, 0.1) is 0 Å². The van der Waals surface area contributed by atoms with Crippen LogP contribution in [0, 0.1) is 5.92 Å². The maximum absolute atomic E-state index is 2.64. The molecule has 0 radical (unpaired) electrons. The van der Waals surface area contributed by atoms with E-state index in [1.165, 1.54) is 58.7 Å². The Morgan fingerprint density at radius 3 is 1.76 bits per heavy atom. The van der Waals surface area contributed by atoms with E-state index in [0.717, 1.165) is 5.92 Å². The summed E-state index contributed by atoms with van der Waals surface area (Å²) >= 11 is 0. The maximum Gasteiger partial charge on any atom is 0.0110 e. The van der Waals surface area contributed by atoms with Gasteiger partial charge in [-0.15, -0.1) is 0 Å². The first-order valence-corrected chi connectivity index (χ1v) is 9.14. The van der Waals surface area contributed by atoms with Crippen molar-refractivity contribution >= 4 is 0 Å². The first-order chi connectivity index (χ1) is 9.99. The van der Waals surface area contributed by atoms with Crippen LogP contribution >= 0.6 is 0 Å². The second-order valence-corrected chi connectivity index (χ2v) is 6.79. The molecule has 0 atom stereocenters. The zero-order valence-corrected chi connectivity index (χ0v) is 15.9. The van der Waals surface area contributed by atoms with Gasteiger partial charge in [0.1, 0.15) is 0 Å². The molecule has 1 heterocycles. The number of rotatable bonds is 8. The van der Waals surface area contributed by atoms with E-state index < -0.39 is 0 Å². The van der Waals surface area contributed by atoms with Gasteiger partial charge in [0.2, 0.25) is 0 Å². The standard InChI is InChI=1S/C16H35N3.C2H6/c1-15(2)7-6-8-18-11-13-19(14-12-18)10-9-17(5)16(3)4;1-2/h15-16H,6-14H2,1-5H3;1-2H3. The Morgan fingerprint density at radius 1 is 0.857 bits per heavy atom. The van der Waals surface area contributed by atoms with Crippen molar-refractivity contribution in [2.75, 3.05) is 52.9 Å². The van der Waals surface area contributed by atoms with Gasteiger partial charge in [-0.05, 0) is 46.2 Å². The first-order valence-electron chi connectivity index (χ1n) is 9.14. The molecule has 1 rings (SSSR count). The molecule has 0 aromatic heterocycles. The average molecular weight is 300 g/mol. The number of hydrogen-bond acceptors (Lipinski definition) is 3. The monoisotopic (exact) mass is 299 g/mol. The van der Waals surface area contributed by atoms with Crippen molar-refractivity contribution in [2.24, 2.45) is 5.92 Å². The second kappa shape index (κ2) is 12.4. The molecule has 0 unspecified atom stereocenters. The highest BCUT2D eigenvalue weighted by Gasteiger charge is 2.16. The fourth-order valence-electron chi connectivity index (χ4n) is 2.52. The highest BCUT2D eigenvalue weighted by molar-refractivity contribution is 4.73. The molecule has 3 heteroatoms. The van der Waals surface area contributed by atoms with Gasteiger partial charge in [-0.25, -0.2) is 0 Å². The van der Waals surface area contributed by atoms with Crippen molar-refractivity contribution in [1.29, 1.82) is 0 Å². The zero-order valence-electron chi connectivity index (χ0n) is 15.9. The van der Waals surface area contributed by atoms with Crippen LogP contribution in [0.25, 0.3) is 0 Å². The third-order valence-electron chi connectivity index (χ3n) is 4.37. The average Bonchev–Trinajstić information content (AvgIpc) is 2.47. The molecule has 0 aromatic carbocycles. The lowest BCUT2D eigenvalue weighted by atomic mass is 10.1. The third kappa shape index (κ3) is 10.3. The predicted octanol–water partition coefficient (Wildman–Crippen LogP) is 3.41. The number of hydrogen-bond donors (Lipinski definition) is 0. The van der Waals surface area contributed by atoms with Crippen LogP contribution < -0.4 is 0 Å². The summed E-state index contributed by atoms with van der Waals surface area (Å²) in [6.45, 7) is 22.0. The molecule has 1 aliphatic heterocycles. The number of piperazine rings is 1. The van der Waals surface area contributed by atoms with Crippen molar-refractivity contribution in [2.45, 2.75) is 60.4 Å². The molecular formula is C18H41N3. The summed E-state index contributed by atoms with van der Waals surface area (Å²) in [5.74, 6) is 0.854. The van der Waals surface area contributed by atoms with Gasteiger partial charge in [-0.2, -0.15) is 0 Å². The van der Waals surface area contributed by atoms with Crippen molar-refractivity contribution in [3.05, 3.63) is 0 Å². The van der Waals surface area contributed by atoms with E-state index in [0.29, 0.717) is 6.04 Å². The Kier molecular flexibility index (Phi) is 12.4. The van der Waals surface area contributed by atoms with Crippen LogP contribution in [0.1, 0.15) is 54.4 Å². The Bertz CT molecular complexity index is 221. The summed E-state index contributed by atoms with van der Waals surface area (Å²) in [4.78, 5) is 7.71. The van der Waals surface area contributed by atoms with Crippen LogP contribution in [-0.2, 0) is 0 Å². The quantitative estimate of drug-likeness (QED) is 0.680. The molecule has 0 aliphatic carbocycles. The highest BCUT2D eigenvalue weighted by Crippen LogP contribution is 2.07. The fourth-order valence-corrected chi connectivity index (χ4v) is 2.52. The lowest BCUT2D eigenvalue weighted by molar-refractivity contribution is 0.116. The molecule has 0 bridgehead atoms. The highest BCUT2D eigenvalue weighted by atomic mass is 15.3. The lowest BCUT2D eigenvalue weighted by Gasteiger charge is -2.36. The zero-order chi connectivity index (χ0) is 16.3. The minimum absolute atomic E-state index is 0.664. The topological polar surface area (TPSA) is 9.72 Å². The van der Waals surface area contributed by atoms with E-state index in [1.807, 2.05) is 13.8 Å². The summed E-state index contributed by atoms with van der Waals surface area (Å²) in [5, 5.41) is 0. The molecule has 0 amide bonds. The smallest absolute Gasteiger partial charge is 0.0110 e. The molecule has 1 aliphatic rings. The van der Waals surface area contributed by atoms with Crippen molar-refractivity contribution in [1.82, 2.24) is 14.7 Å². The molecule has 21 heavy (non-hydrogen) atoms. The largest absolute Gasteiger partial charge is 0.303 e. The van der Waals surface area contributed by atoms with Gasteiger partial charge < -0.3 is 9.80 Å². The molecule has 128 valence electrons. The van der Waals surface area contributed by atoms with Crippen LogP contribution in [0.15, 0.2) is 0 Å². The third-order valence-corrected chi connectivity index (χ3v) is 4.37. The van der Waals surface area contributed by atoms with Gasteiger partial charge in [0, 0.05) is 45.3 Å². The molecule has 0 spiro atoms. The van der Waals surface area contributed by atoms with Crippen LogP contribution in [-0.4, -0.2) is 73.6 Å².